The van der Waals surface area contributed by atoms with Gasteiger partial charge in [-0.3, -0.25) is 4.79 Å². The molecule has 0 spiro atoms. The molecule has 4 rings (SSSR count). The maximum Gasteiger partial charge on any atom is 0.297 e. The number of anilines is 1. The number of amides is 1. The molecular weight excluding hydrogens is 444 g/mol. The van der Waals surface area contributed by atoms with Crippen LogP contribution >= 0.6 is 0 Å². The Hall–Kier alpha value is -3.63. The van der Waals surface area contributed by atoms with Crippen LogP contribution in [0.25, 0.3) is 11.4 Å². The molecule has 0 aliphatic carbocycles. The zero-order valence-electron chi connectivity index (χ0n) is 19.5. The average molecular weight is 472 g/mol. The topological polar surface area (TPSA) is 98.1 Å². The fourth-order valence-electron chi connectivity index (χ4n) is 4.09. The van der Waals surface area contributed by atoms with E-state index in [2.05, 4.69) is 25.4 Å². The van der Waals surface area contributed by atoms with Crippen LogP contribution in [-0.2, 0) is 11.8 Å². The number of nitrogens with one attached hydrogen (secondary N) is 1. The van der Waals surface area contributed by atoms with Crippen molar-refractivity contribution in [3.63, 3.8) is 0 Å². The molecule has 1 saturated heterocycles. The number of hydrogen-bond donors (Lipinski definition) is 1. The van der Waals surface area contributed by atoms with Crippen LogP contribution in [0.15, 0.2) is 30.5 Å². The van der Waals surface area contributed by atoms with Gasteiger partial charge in [0, 0.05) is 44.0 Å². The predicted octanol–water partition coefficient (Wildman–Crippen LogP) is 3.34. The molecule has 9 nitrogen and oxygen atoms in total. The van der Waals surface area contributed by atoms with Crippen LogP contribution in [0.4, 0.5) is 14.6 Å². The van der Waals surface area contributed by atoms with Crippen molar-refractivity contribution < 1.29 is 18.3 Å². The first kappa shape index (κ1) is 23.5. The lowest BCUT2D eigenvalue weighted by Gasteiger charge is -2.22. The van der Waals surface area contributed by atoms with Crippen molar-refractivity contribution in [2.24, 2.45) is 7.05 Å². The summed E-state index contributed by atoms with van der Waals surface area (Å²) in [6.07, 6.45) is -0.268. The van der Waals surface area contributed by atoms with E-state index in [1.54, 1.807) is 38.4 Å². The van der Waals surface area contributed by atoms with Crippen molar-refractivity contribution >= 4 is 11.7 Å². The first-order valence-electron chi connectivity index (χ1n) is 11.0. The van der Waals surface area contributed by atoms with Gasteiger partial charge in [0.1, 0.15) is 5.82 Å². The summed E-state index contributed by atoms with van der Waals surface area (Å²) >= 11 is 0. The van der Waals surface area contributed by atoms with Crippen LogP contribution in [-0.4, -0.2) is 61.8 Å². The van der Waals surface area contributed by atoms with Crippen LogP contribution in [0.5, 0.6) is 5.88 Å². The molecule has 0 saturated carbocycles. The maximum atomic E-state index is 13.0. The minimum absolute atomic E-state index is 0.0492. The first-order chi connectivity index (χ1) is 16.3. The number of hydrogen-bond acceptors (Lipinski definition) is 7. The Bertz CT molecular complexity index is 1180. The number of aromatic nitrogens is 5. The Balaban J connectivity index is 1.40. The van der Waals surface area contributed by atoms with E-state index in [9.17, 15) is 13.6 Å². The predicted molar refractivity (Wildman–Crippen MR) is 122 cm³/mol. The molecule has 0 bridgehead atoms. The van der Waals surface area contributed by atoms with Gasteiger partial charge in [-0.15, -0.1) is 0 Å². The summed E-state index contributed by atoms with van der Waals surface area (Å²) < 4.78 is 32.3. The molecule has 3 aromatic heterocycles. The Morgan fingerprint density at radius 1 is 1.26 bits per heavy atom. The van der Waals surface area contributed by atoms with E-state index < -0.39 is 6.43 Å². The standard InChI is InChI=1S/C23H27F2N7O2/c1-13(15-7-9-26-19(11-15)34-4)23(33)32-10-8-16(12-32)28-18-6-5-17(14(2)27-18)21-29-22(20(24)25)31(3)30-21/h5-7,9,11,13,16,20H,8,10,12H2,1-4H3,(H,27,28)/t13-,16+/m1/s1. The quantitative estimate of drug-likeness (QED) is 0.564. The van der Waals surface area contributed by atoms with Gasteiger partial charge < -0.3 is 15.0 Å². The lowest BCUT2D eigenvalue weighted by atomic mass is 10.0. The number of pyridine rings is 2. The molecule has 2 atom stereocenters. The largest absolute Gasteiger partial charge is 0.481 e. The van der Waals surface area contributed by atoms with Crippen LogP contribution in [0.2, 0.25) is 0 Å². The lowest BCUT2D eigenvalue weighted by molar-refractivity contribution is -0.131. The molecule has 1 aliphatic heterocycles. The van der Waals surface area contributed by atoms with E-state index >= 15 is 0 Å². The zero-order chi connectivity index (χ0) is 24.4. The third-order valence-electron chi connectivity index (χ3n) is 6.01. The summed E-state index contributed by atoms with van der Waals surface area (Å²) in [5.74, 6) is 0.708. The summed E-state index contributed by atoms with van der Waals surface area (Å²) in [7, 11) is 2.99. The van der Waals surface area contributed by atoms with Crippen molar-refractivity contribution in [3.05, 3.63) is 47.5 Å². The molecule has 1 fully saturated rings. The van der Waals surface area contributed by atoms with Crippen molar-refractivity contribution in [1.82, 2.24) is 29.6 Å². The number of aryl methyl sites for hydroxylation is 2. The molecule has 0 radical (unpaired) electrons. The van der Waals surface area contributed by atoms with Gasteiger partial charge >= 0.3 is 0 Å². The van der Waals surface area contributed by atoms with Crippen molar-refractivity contribution in [2.75, 3.05) is 25.5 Å². The first-order valence-corrected chi connectivity index (χ1v) is 11.0. The van der Waals surface area contributed by atoms with Crippen LogP contribution in [0, 0.1) is 6.92 Å². The van der Waals surface area contributed by atoms with E-state index in [0.29, 0.717) is 36.0 Å². The third kappa shape index (κ3) is 4.82. The van der Waals surface area contributed by atoms with Gasteiger partial charge in [0.15, 0.2) is 11.6 Å². The summed E-state index contributed by atoms with van der Waals surface area (Å²) in [6.45, 7) is 4.88. The number of carbonyl (C=O) groups excluding carboxylic acids is 1. The molecule has 4 heterocycles. The van der Waals surface area contributed by atoms with Gasteiger partial charge in [0.05, 0.1) is 18.7 Å². The third-order valence-corrected chi connectivity index (χ3v) is 6.01. The highest BCUT2D eigenvalue weighted by atomic mass is 19.3. The lowest BCUT2D eigenvalue weighted by Crippen LogP contribution is -2.34. The smallest absolute Gasteiger partial charge is 0.297 e. The van der Waals surface area contributed by atoms with E-state index in [0.717, 1.165) is 16.7 Å². The minimum atomic E-state index is -2.70. The molecule has 1 N–H and O–H groups in total. The van der Waals surface area contributed by atoms with Crippen LogP contribution < -0.4 is 10.1 Å². The fourth-order valence-corrected chi connectivity index (χ4v) is 4.09. The molecule has 180 valence electrons. The number of rotatable bonds is 7. The SMILES string of the molecule is COc1cc([C@@H](C)C(=O)N2CC[C@H](Nc3ccc(-c4nc(C(F)F)n(C)n4)c(C)n3)C2)ccn1. The van der Waals surface area contributed by atoms with Crippen molar-refractivity contribution in [3.8, 4) is 17.3 Å². The Labute approximate surface area is 196 Å². The average Bonchev–Trinajstić information content (AvgIpc) is 3.45. The van der Waals surface area contributed by atoms with E-state index in [1.165, 1.54) is 7.05 Å². The van der Waals surface area contributed by atoms with Crippen molar-refractivity contribution in [1.29, 1.82) is 0 Å². The van der Waals surface area contributed by atoms with Gasteiger partial charge in [0.25, 0.3) is 6.43 Å². The number of methoxy groups -OCH3 is 1. The summed E-state index contributed by atoms with van der Waals surface area (Å²) in [4.78, 5) is 27.5. The Morgan fingerprint density at radius 2 is 2.06 bits per heavy atom. The number of likely N-dealkylation sites (tertiary alicyclic amines) is 1. The molecule has 34 heavy (non-hydrogen) atoms. The number of alkyl halides is 2. The number of ether oxygens (including phenoxy) is 1. The second kappa shape index (κ2) is 9.70. The van der Waals surface area contributed by atoms with Gasteiger partial charge in [0.2, 0.25) is 11.8 Å². The van der Waals surface area contributed by atoms with Crippen LogP contribution in [0.3, 0.4) is 0 Å². The number of nitrogens with zero attached hydrogens (tertiary/aromatic N) is 6. The summed E-state index contributed by atoms with van der Waals surface area (Å²) in [6, 6.07) is 7.21. The molecule has 0 unspecified atom stereocenters. The second-order valence-electron chi connectivity index (χ2n) is 8.31. The van der Waals surface area contributed by atoms with E-state index in [-0.39, 0.29) is 29.5 Å². The highest BCUT2D eigenvalue weighted by Crippen LogP contribution is 2.26. The van der Waals surface area contributed by atoms with Crippen LogP contribution in [0.1, 0.15) is 42.8 Å². The fraction of sp³-hybridized carbons (Fsp3) is 0.435. The molecule has 0 aromatic carbocycles. The van der Waals surface area contributed by atoms with Gasteiger partial charge in [-0.05, 0) is 44.0 Å². The zero-order valence-corrected chi connectivity index (χ0v) is 19.5. The summed E-state index contributed by atoms with van der Waals surface area (Å²) in [5, 5.41) is 7.46. The monoisotopic (exact) mass is 471 g/mol. The Kier molecular flexibility index (Phi) is 6.71. The van der Waals surface area contributed by atoms with E-state index in [1.807, 2.05) is 17.9 Å². The van der Waals surface area contributed by atoms with E-state index in [4.69, 9.17) is 4.74 Å². The second-order valence-corrected chi connectivity index (χ2v) is 8.31. The molecule has 3 aromatic rings. The number of carbonyl (C=O) groups is 1. The molecule has 1 amide bonds. The van der Waals surface area contributed by atoms with Gasteiger partial charge in [-0.1, -0.05) is 0 Å². The molecular formula is C23H27F2N7O2. The highest BCUT2D eigenvalue weighted by Gasteiger charge is 2.30. The minimum Gasteiger partial charge on any atom is -0.481 e. The summed E-state index contributed by atoms with van der Waals surface area (Å²) in [5.41, 5.74) is 2.08. The van der Waals surface area contributed by atoms with Crippen molar-refractivity contribution in [2.45, 2.75) is 38.7 Å². The van der Waals surface area contributed by atoms with Gasteiger partial charge in [-0.25, -0.2) is 28.4 Å². The normalized spacial score (nSPS) is 16.7. The molecule has 11 heteroatoms. The Morgan fingerprint density at radius 3 is 2.74 bits per heavy atom. The highest BCUT2D eigenvalue weighted by molar-refractivity contribution is 5.83. The molecule has 1 aliphatic rings. The number of halogens is 2. The maximum absolute atomic E-state index is 13.0. The van der Waals surface area contributed by atoms with Gasteiger partial charge in [-0.2, -0.15) is 5.10 Å².